The smallest absolute Gasteiger partial charge is 0.254 e. The molecule has 0 aliphatic carbocycles. The normalized spacial score (nSPS) is 15.4. The van der Waals surface area contributed by atoms with Crippen LogP contribution in [0.4, 0.5) is 4.39 Å². The minimum absolute atomic E-state index is 0.111. The highest BCUT2D eigenvalue weighted by Crippen LogP contribution is 2.13. The summed E-state index contributed by atoms with van der Waals surface area (Å²) in [5.74, 6) is -0.497. The Morgan fingerprint density at radius 1 is 1.08 bits per heavy atom. The molecule has 2 aromatic carbocycles. The molecule has 4 nitrogen and oxygen atoms in total. The third-order valence-electron chi connectivity index (χ3n) is 4.44. The maximum absolute atomic E-state index is 13.3. The summed E-state index contributed by atoms with van der Waals surface area (Å²) in [6, 6.07) is 15.6. The molecule has 2 aromatic rings. The Kier molecular flexibility index (Phi) is 5.42. The molecule has 0 unspecified atom stereocenters. The maximum atomic E-state index is 13.3. The maximum Gasteiger partial charge on any atom is 0.254 e. The first-order chi connectivity index (χ1) is 12.2. The lowest BCUT2D eigenvalue weighted by Crippen LogP contribution is -2.35. The molecule has 0 radical (unpaired) electrons. The van der Waals surface area contributed by atoms with Gasteiger partial charge in [0.25, 0.3) is 5.91 Å². The van der Waals surface area contributed by atoms with Crippen LogP contribution in [-0.4, -0.2) is 41.9 Å². The second kappa shape index (κ2) is 7.91. The summed E-state index contributed by atoms with van der Waals surface area (Å²) < 4.78 is 13.3. The topological polar surface area (TPSA) is 47.3 Å². The number of carbonyl (C=O) groups excluding carboxylic acids is 1. The van der Waals surface area contributed by atoms with Crippen molar-refractivity contribution in [3.63, 3.8) is 0 Å². The molecular formula is C20H20FN3O. The van der Waals surface area contributed by atoms with Crippen LogP contribution in [-0.2, 0) is 6.54 Å². The number of carbonyl (C=O) groups is 1. The van der Waals surface area contributed by atoms with E-state index in [1.54, 1.807) is 17.0 Å². The average molecular weight is 337 g/mol. The van der Waals surface area contributed by atoms with Crippen LogP contribution >= 0.6 is 0 Å². The van der Waals surface area contributed by atoms with Gasteiger partial charge in [0.05, 0.1) is 11.6 Å². The highest BCUT2D eigenvalue weighted by molar-refractivity contribution is 5.94. The zero-order valence-corrected chi connectivity index (χ0v) is 14.0. The minimum atomic E-state index is -0.386. The highest BCUT2D eigenvalue weighted by Gasteiger charge is 2.20. The summed E-state index contributed by atoms with van der Waals surface area (Å²) >= 11 is 0. The van der Waals surface area contributed by atoms with Gasteiger partial charge in [0.15, 0.2) is 0 Å². The molecule has 0 spiro atoms. The van der Waals surface area contributed by atoms with Crippen molar-refractivity contribution in [2.24, 2.45) is 0 Å². The van der Waals surface area contributed by atoms with Crippen LogP contribution in [0.1, 0.15) is 27.9 Å². The number of halogens is 1. The second-order valence-electron chi connectivity index (χ2n) is 6.24. The molecule has 25 heavy (non-hydrogen) atoms. The summed E-state index contributed by atoms with van der Waals surface area (Å²) in [7, 11) is 0. The molecule has 1 amide bonds. The van der Waals surface area contributed by atoms with Gasteiger partial charge in [-0.15, -0.1) is 0 Å². The molecule has 0 bridgehead atoms. The van der Waals surface area contributed by atoms with Crippen molar-refractivity contribution < 1.29 is 9.18 Å². The number of benzene rings is 2. The van der Waals surface area contributed by atoms with E-state index < -0.39 is 0 Å². The number of amides is 1. The van der Waals surface area contributed by atoms with Gasteiger partial charge in [0.2, 0.25) is 0 Å². The molecule has 1 heterocycles. The van der Waals surface area contributed by atoms with Crippen molar-refractivity contribution in [1.82, 2.24) is 9.80 Å². The zero-order valence-electron chi connectivity index (χ0n) is 14.0. The van der Waals surface area contributed by atoms with E-state index in [9.17, 15) is 9.18 Å². The predicted octanol–water partition coefficient (Wildman–Crippen LogP) is 3.05. The van der Waals surface area contributed by atoms with Gasteiger partial charge in [-0.1, -0.05) is 18.2 Å². The molecule has 5 heteroatoms. The molecule has 1 saturated heterocycles. The first kappa shape index (κ1) is 17.1. The number of nitriles is 1. The van der Waals surface area contributed by atoms with E-state index >= 15 is 0 Å². The Bertz CT molecular complexity index is 782. The number of rotatable bonds is 3. The summed E-state index contributed by atoms with van der Waals surface area (Å²) in [5.41, 5.74) is 2.22. The third kappa shape index (κ3) is 4.43. The zero-order chi connectivity index (χ0) is 17.6. The lowest BCUT2D eigenvalue weighted by Gasteiger charge is -2.22. The van der Waals surface area contributed by atoms with E-state index in [1.165, 1.54) is 12.1 Å². The van der Waals surface area contributed by atoms with E-state index in [1.807, 2.05) is 24.3 Å². The minimum Gasteiger partial charge on any atom is -0.337 e. The van der Waals surface area contributed by atoms with Gasteiger partial charge in [0.1, 0.15) is 5.82 Å². The standard InChI is InChI=1S/C20H20FN3O/c21-19-4-1-3-18(13-19)20(25)24-10-2-9-23(11-12-24)15-17-7-5-16(14-22)6-8-17/h1,3-8,13H,2,9-12,15H2. The van der Waals surface area contributed by atoms with Gasteiger partial charge in [-0.2, -0.15) is 5.26 Å². The summed E-state index contributed by atoms with van der Waals surface area (Å²) in [5, 5.41) is 8.86. The Hall–Kier alpha value is -2.71. The van der Waals surface area contributed by atoms with Gasteiger partial charge >= 0.3 is 0 Å². The van der Waals surface area contributed by atoms with Crippen molar-refractivity contribution in [2.75, 3.05) is 26.2 Å². The molecule has 0 aromatic heterocycles. The number of nitrogens with zero attached hydrogens (tertiary/aromatic N) is 3. The quantitative estimate of drug-likeness (QED) is 0.865. The lowest BCUT2D eigenvalue weighted by molar-refractivity contribution is 0.0760. The fraction of sp³-hybridized carbons (Fsp3) is 0.300. The van der Waals surface area contributed by atoms with Gasteiger partial charge in [0, 0.05) is 38.3 Å². The first-order valence-corrected chi connectivity index (χ1v) is 8.42. The SMILES string of the molecule is N#Cc1ccc(CN2CCCN(C(=O)c3cccc(F)c3)CC2)cc1. The molecule has 128 valence electrons. The predicted molar refractivity (Wildman–Crippen MR) is 93.4 cm³/mol. The number of hydrogen-bond donors (Lipinski definition) is 0. The van der Waals surface area contributed by atoms with Crippen molar-refractivity contribution in [3.8, 4) is 6.07 Å². The molecule has 0 atom stereocenters. The van der Waals surface area contributed by atoms with Crippen LogP contribution in [0.2, 0.25) is 0 Å². The molecule has 3 rings (SSSR count). The summed E-state index contributed by atoms with van der Waals surface area (Å²) in [6.45, 7) is 3.80. The van der Waals surface area contributed by atoms with Gasteiger partial charge in [-0.3, -0.25) is 9.69 Å². The Morgan fingerprint density at radius 2 is 1.88 bits per heavy atom. The molecule has 0 N–H and O–H groups in total. The fourth-order valence-electron chi connectivity index (χ4n) is 3.08. The highest BCUT2D eigenvalue weighted by atomic mass is 19.1. The van der Waals surface area contributed by atoms with Crippen LogP contribution in [0.15, 0.2) is 48.5 Å². The largest absolute Gasteiger partial charge is 0.337 e. The second-order valence-corrected chi connectivity index (χ2v) is 6.24. The monoisotopic (exact) mass is 337 g/mol. The van der Waals surface area contributed by atoms with Crippen molar-refractivity contribution in [1.29, 1.82) is 5.26 Å². The van der Waals surface area contributed by atoms with Crippen LogP contribution in [0, 0.1) is 17.1 Å². The molecular weight excluding hydrogens is 317 g/mol. The van der Waals surface area contributed by atoms with Crippen LogP contribution in [0.25, 0.3) is 0 Å². The fourth-order valence-corrected chi connectivity index (χ4v) is 3.08. The van der Waals surface area contributed by atoms with E-state index in [0.29, 0.717) is 24.2 Å². The average Bonchev–Trinajstić information content (AvgIpc) is 2.87. The Balaban J connectivity index is 1.60. The van der Waals surface area contributed by atoms with E-state index in [2.05, 4.69) is 11.0 Å². The third-order valence-corrected chi connectivity index (χ3v) is 4.44. The molecule has 1 aliphatic heterocycles. The summed E-state index contributed by atoms with van der Waals surface area (Å²) in [4.78, 5) is 16.7. The first-order valence-electron chi connectivity index (χ1n) is 8.42. The van der Waals surface area contributed by atoms with Crippen LogP contribution in [0.5, 0.6) is 0 Å². The van der Waals surface area contributed by atoms with Gasteiger partial charge in [-0.25, -0.2) is 4.39 Å². The van der Waals surface area contributed by atoms with E-state index in [4.69, 9.17) is 5.26 Å². The summed E-state index contributed by atoms with van der Waals surface area (Å²) in [6.07, 6.45) is 0.886. The van der Waals surface area contributed by atoms with E-state index in [-0.39, 0.29) is 11.7 Å². The molecule has 1 aliphatic rings. The molecule has 1 fully saturated rings. The molecule has 0 saturated carbocycles. The van der Waals surface area contributed by atoms with Crippen molar-refractivity contribution in [2.45, 2.75) is 13.0 Å². The van der Waals surface area contributed by atoms with Crippen molar-refractivity contribution in [3.05, 3.63) is 71.0 Å². The Labute approximate surface area is 147 Å². The van der Waals surface area contributed by atoms with Gasteiger partial charge < -0.3 is 4.90 Å². The van der Waals surface area contributed by atoms with Gasteiger partial charge in [-0.05, 0) is 42.3 Å². The van der Waals surface area contributed by atoms with Crippen LogP contribution in [0.3, 0.4) is 0 Å². The van der Waals surface area contributed by atoms with E-state index in [0.717, 1.165) is 31.6 Å². The number of hydrogen-bond acceptors (Lipinski definition) is 3. The van der Waals surface area contributed by atoms with Crippen molar-refractivity contribution >= 4 is 5.91 Å². The lowest BCUT2D eigenvalue weighted by atomic mass is 10.1. The van der Waals surface area contributed by atoms with Crippen LogP contribution < -0.4 is 0 Å². The Morgan fingerprint density at radius 3 is 2.60 bits per heavy atom.